The van der Waals surface area contributed by atoms with Crippen LogP contribution in [0.3, 0.4) is 0 Å². The molecule has 0 aliphatic carbocycles. The minimum absolute atomic E-state index is 0.0490. The Kier molecular flexibility index (Phi) is 11.1. The van der Waals surface area contributed by atoms with Crippen LogP contribution in [0.25, 0.3) is 0 Å². The monoisotopic (exact) mass is 444 g/mol. The first-order valence-corrected chi connectivity index (χ1v) is 10.6. The maximum Gasteiger partial charge on any atom is 0.290 e. The van der Waals surface area contributed by atoms with Gasteiger partial charge < -0.3 is 25.0 Å². The van der Waals surface area contributed by atoms with E-state index in [0.717, 1.165) is 37.6 Å². The van der Waals surface area contributed by atoms with Gasteiger partial charge in [0.25, 0.3) is 12.4 Å². The van der Waals surface area contributed by atoms with Gasteiger partial charge in [0.1, 0.15) is 18.1 Å². The topological polar surface area (TPSA) is 108 Å². The van der Waals surface area contributed by atoms with Gasteiger partial charge >= 0.3 is 0 Å². The average molecular weight is 445 g/mol. The van der Waals surface area contributed by atoms with Crippen molar-refractivity contribution in [2.45, 2.75) is 12.8 Å². The maximum absolute atomic E-state index is 11.9. The predicted octanol–water partition coefficient (Wildman–Crippen LogP) is 2.06. The predicted molar refractivity (Wildman–Crippen MR) is 121 cm³/mol. The molecule has 3 rings (SSSR count). The van der Waals surface area contributed by atoms with E-state index in [-0.39, 0.29) is 25.5 Å². The number of carbonyl (C=O) groups excluding carboxylic acids is 1. The van der Waals surface area contributed by atoms with Crippen molar-refractivity contribution in [3.05, 3.63) is 59.7 Å². The Hall–Kier alpha value is -3.10. The second-order valence-electron chi connectivity index (χ2n) is 7.47. The number of ether oxygens (including phenoxy) is 2. The van der Waals surface area contributed by atoms with Crippen LogP contribution in [0, 0.1) is 5.92 Å². The van der Waals surface area contributed by atoms with Gasteiger partial charge in [-0.3, -0.25) is 14.5 Å². The molecule has 0 radical (unpaired) electrons. The lowest BCUT2D eigenvalue weighted by Crippen LogP contribution is -2.26. The summed E-state index contributed by atoms with van der Waals surface area (Å²) >= 11 is 0. The summed E-state index contributed by atoms with van der Waals surface area (Å²) in [5.41, 5.74) is 1.88. The lowest BCUT2D eigenvalue weighted by molar-refractivity contribution is -0.122. The van der Waals surface area contributed by atoms with E-state index in [0.29, 0.717) is 18.1 Å². The Bertz CT molecular complexity index is 827. The molecule has 0 saturated carbocycles. The maximum atomic E-state index is 11.9. The number of nitrogens with one attached hydrogen (secondary N) is 1. The summed E-state index contributed by atoms with van der Waals surface area (Å²) in [7, 11) is 1.66. The lowest BCUT2D eigenvalue weighted by Gasteiger charge is -2.17. The van der Waals surface area contributed by atoms with Crippen molar-refractivity contribution in [2.24, 2.45) is 5.92 Å². The third kappa shape index (κ3) is 8.56. The molecule has 1 aliphatic heterocycles. The van der Waals surface area contributed by atoms with E-state index in [2.05, 4.69) is 10.2 Å². The van der Waals surface area contributed by atoms with Crippen LogP contribution in [0.5, 0.6) is 11.5 Å². The van der Waals surface area contributed by atoms with Crippen molar-refractivity contribution in [1.82, 2.24) is 10.2 Å². The highest BCUT2D eigenvalue weighted by atomic mass is 16.5. The second kappa shape index (κ2) is 14.1. The van der Waals surface area contributed by atoms with Crippen LogP contribution in [0.4, 0.5) is 0 Å². The van der Waals surface area contributed by atoms with Crippen molar-refractivity contribution in [3.63, 3.8) is 0 Å². The standard InChI is InChI=1S/C23H30N2O4.CH2O2/c1-28-21-3-2-4-22(16-21)29-14-12-25-11-9-19(17-25)15-18-5-7-20(8-6-18)23(27)24-10-13-26;2-1-3/h2-8,16,19,26H,9-15,17H2,1H3,(H,24,27);1H,(H,2,3). The van der Waals surface area contributed by atoms with Gasteiger partial charge in [-0.25, -0.2) is 0 Å². The van der Waals surface area contributed by atoms with Gasteiger partial charge in [0.05, 0.1) is 13.7 Å². The summed E-state index contributed by atoms with van der Waals surface area (Å²) in [5.74, 6) is 2.12. The normalized spacial score (nSPS) is 15.4. The number of hydrogen-bond donors (Lipinski definition) is 3. The summed E-state index contributed by atoms with van der Waals surface area (Å²) in [5, 5.41) is 18.3. The van der Waals surface area contributed by atoms with E-state index in [9.17, 15) is 4.79 Å². The number of rotatable bonds is 10. The number of carbonyl (C=O) groups is 2. The molecule has 2 aromatic rings. The van der Waals surface area contributed by atoms with Crippen LogP contribution in [-0.2, 0) is 11.2 Å². The number of hydrogen-bond acceptors (Lipinski definition) is 6. The molecule has 8 heteroatoms. The van der Waals surface area contributed by atoms with Gasteiger partial charge in [0.2, 0.25) is 0 Å². The van der Waals surface area contributed by atoms with Crippen molar-refractivity contribution in [3.8, 4) is 11.5 Å². The number of carboxylic acid groups (broad SMARTS) is 1. The van der Waals surface area contributed by atoms with E-state index in [1.54, 1.807) is 7.11 Å². The zero-order valence-electron chi connectivity index (χ0n) is 18.4. The highest BCUT2D eigenvalue weighted by Gasteiger charge is 2.22. The van der Waals surface area contributed by atoms with E-state index >= 15 is 0 Å². The molecule has 0 aromatic heterocycles. The number of amides is 1. The summed E-state index contributed by atoms with van der Waals surface area (Å²) in [4.78, 5) is 22.7. The first-order valence-electron chi connectivity index (χ1n) is 10.6. The van der Waals surface area contributed by atoms with Crippen LogP contribution in [0.1, 0.15) is 22.3 Å². The molecule has 1 amide bonds. The summed E-state index contributed by atoms with van der Waals surface area (Å²) in [6, 6.07) is 15.5. The Morgan fingerprint density at radius 3 is 2.62 bits per heavy atom. The zero-order valence-corrected chi connectivity index (χ0v) is 18.4. The van der Waals surface area contributed by atoms with Crippen molar-refractivity contribution < 1.29 is 29.3 Å². The van der Waals surface area contributed by atoms with Crippen molar-refractivity contribution in [2.75, 3.05) is 46.5 Å². The SMILES string of the molecule is COc1cccc(OCCN2CCC(Cc3ccc(C(=O)NCCO)cc3)C2)c1.O=CO. The molecule has 1 aliphatic rings. The third-order valence-corrected chi connectivity index (χ3v) is 5.23. The molecule has 1 heterocycles. The summed E-state index contributed by atoms with van der Waals surface area (Å²) in [6.45, 7) is 3.72. The molecule has 2 aromatic carbocycles. The summed E-state index contributed by atoms with van der Waals surface area (Å²) in [6.07, 6.45) is 2.20. The van der Waals surface area contributed by atoms with Gasteiger partial charge in [-0.2, -0.15) is 0 Å². The molecule has 0 spiro atoms. The van der Waals surface area contributed by atoms with E-state index < -0.39 is 0 Å². The second-order valence-corrected chi connectivity index (χ2v) is 7.47. The third-order valence-electron chi connectivity index (χ3n) is 5.23. The number of aliphatic hydroxyl groups excluding tert-OH is 1. The Morgan fingerprint density at radius 1 is 1.22 bits per heavy atom. The molecule has 8 nitrogen and oxygen atoms in total. The molecular weight excluding hydrogens is 412 g/mol. The number of benzene rings is 2. The fourth-order valence-corrected chi connectivity index (χ4v) is 3.66. The quantitative estimate of drug-likeness (QED) is 0.482. The Balaban J connectivity index is 0.00000114. The van der Waals surface area contributed by atoms with Gasteiger partial charge in [0, 0.05) is 31.3 Å². The average Bonchev–Trinajstić information content (AvgIpc) is 3.25. The van der Waals surface area contributed by atoms with Crippen LogP contribution in [0.2, 0.25) is 0 Å². The number of likely N-dealkylation sites (tertiary alicyclic amines) is 1. The first kappa shape index (κ1) is 25.2. The molecular formula is C24H32N2O6. The number of aliphatic hydroxyl groups is 1. The Labute approximate surface area is 188 Å². The van der Waals surface area contributed by atoms with E-state index in [1.165, 1.54) is 12.0 Å². The molecule has 0 bridgehead atoms. The van der Waals surface area contributed by atoms with Gasteiger partial charge in [-0.05, 0) is 55.1 Å². The number of methoxy groups -OCH3 is 1. The van der Waals surface area contributed by atoms with Crippen LogP contribution in [0.15, 0.2) is 48.5 Å². The van der Waals surface area contributed by atoms with Crippen molar-refractivity contribution in [1.29, 1.82) is 0 Å². The molecule has 1 fully saturated rings. The highest BCUT2D eigenvalue weighted by Crippen LogP contribution is 2.22. The fourth-order valence-electron chi connectivity index (χ4n) is 3.66. The minimum Gasteiger partial charge on any atom is -0.497 e. The largest absolute Gasteiger partial charge is 0.497 e. The molecule has 1 saturated heterocycles. The first-order chi connectivity index (χ1) is 15.6. The van der Waals surface area contributed by atoms with Crippen LogP contribution < -0.4 is 14.8 Å². The molecule has 174 valence electrons. The van der Waals surface area contributed by atoms with Crippen LogP contribution in [-0.4, -0.2) is 74.0 Å². The summed E-state index contributed by atoms with van der Waals surface area (Å²) < 4.78 is 11.1. The van der Waals surface area contributed by atoms with Crippen molar-refractivity contribution >= 4 is 12.4 Å². The highest BCUT2D eigenvalue weighted by molar-refractivity contribution is 5.94. The molecule has 32 heavy (non-hydrogen) atoms. The van der Waals surface area contributed by atoms with Gasteiger partial charge in [0.15, 0.2) is 0 Å². The van der Waals surface area contributed by atoms with Crippen LogP contribution >= 0.6 is 0 Å². The van der Waals surface area contributed by atoms with E-state index in [1.807, 2.05) is 48.5 Å². The molecule has 1 atom stereocenters. The Morgan fingerprint density at radius 2 is 1.94 bits per heavy atom. The molecule has 1 unspecified atom stereocenters. The van der Waals surface area contributed by atoms with E-state index in [4.69, 9.17) is 24.5 Å². The lowest BCUT2D eigenvalue weighted by atomic mass is 9.98. The smallest absolute Gasteiger partial charge is 0.290 e. The minimum atomic E-state index is -0.250. The number of nitrogens with zero attached hydrogens (tertiary/aromatic N) is 1. The fraction of sp³-hybridized carbons (Fsp3) is 0.417. The van der Waals surface area contributed by atoms with Gasteiger partial charge in [-0.1, -0.05) is 18.2 Å². The zero-order chi connectivity index (χ0) is 23.2. The molecule has 3 N–H and O–H groups in total. The van der Waals surface area contributed by atoms with Gasteiger partial charge in [-0.15, -0.1) is 0 Å².